The van der Waals surface area contributed by atoms with Crippen molar-refractivity contribution in [3.63, 3.8) is 0 Å². The van der Waals surface area contributed by atoms with Crippen molar-refractivity contribution in [2.45, 2.75) is 19.9 Å². The molecular formula is C19H25N5O. The zero-order chi connectivity index (χ0) is 17.2. The Balaban J connectivity index is 1.41. The highest BCUT2D eigenvalue weighted by Crippen LogP contribution is 2.34. The number of rotatable bonds is 4. The van der Waals surface area contributed by atoms with E-state index >= 15 is 0 Å². The van der Waals surface area contributed by atoms with Gasteiger partial charge in [-0.15, -0.1) is 5.10 Å². The third-order valence-electron chi connectivity index (χ3n) is 5.42. The number of aryl methyl sites for hydroxylation is 1. The van der Waals surface area contributed by atoms with Crippen molar-refractivity contribution in [3.8, 4) is 5.88 Å². The van der Waals surface area contributed by atoms with E-state index < -0.39 is 0 Å². The molecule has 4 rings (SSSR count). The highest BCUT2D eigenvalue weighted by atomic mass is 16.5. The van der Waals surface area contributed by atoms with Crippen LogP contribution < -0.4 is 9.64 Å². The van der Waals surface area contributed by atoms with Gasteiger partial charge in [-0.1, -0.05) is 6.07 Å². The van der Waals surface area contributed by atoms with E-state index in [1.54, 1.807) is 13.3 Å². The quantitative estimate of drug-likeness (QED) is 0.851. The lowest BCUT2D eigenvalue weighted by Crippen LogP contribution is -2.40. The maximum atomic E-state index is 5.40. The van der Waals surface area contributed by atoms with Gasteiger partial charge in [-0.25, -0.2) is 4.98 Å². The van der Waals surface area contributed by atoms with E-state index in [-0.39, 0.29) is 0 Å². The molecular weight excluding hydrogens is 314 g/mol. The largest absolute Gasteiger partial charge is 0.481 e. The third kappa shape index (κ3) is 3.44. The number of hydrogen-bond acceptors (Lipinski definition) is 6. The Morgan fingerprint density at radius 3 is 2.80 bits per heavy atom. The van der Waals surface area contributed by atoms with E-state index in [1.807, 2.05) is 19.1 Å². The van der Waals surface area contributed by atoms with Crippen LogP contribution in [0.1, 0.15) is 17.7 Å². The summed E-state index contributed by atoms with van der Waals surface area (Å²) in [5.41, 5.74) is 2.14. The molecule has 0 spiro atoms. The Morgan fingerprint density at radius 1 is 1.12 bits per heavy atom. The van der Waals surface area contributed by atoms with Crippen molar-refractivity contribution in [2.75, 3.05) is 38.2 Å². The van der Waals surface area contributed by atoms with Gasteiger partial charge < -0.3 is 9.64 Å². The number of ether oxygens (including phenoxy) is 1. The average Bonchev–Trinajstić information content (AvgIpc) is 3.04. The first kappa shape index (κ1) is 16.3. The molecule has 0 amide bonds. The van der Waals surface area contributed by atoms with E-state index in [0.717, 1.165) is 56.0 Å². The molecule has 0 aromatic carbocycles. The topological polar surface area (TPSA) is 54.4 Å². The molecule has 2 aromatic rings. The summed E-state index contributed by atoms with van der Waals surface area (Å²) in [6.45, 7) is 7.32. The number of aromatic nitrogens is 3. The number of hydrogen-bond donors (Lipinski definition) is 0. The lowest BCUT2D eigenvalue weighted by atomic mass is 9.89. The molecule has 0 unspecified atom stereocenters. The molecule has 2 saturated heterocycles. The number of fused-ring (bicyclic) bond motifs is 1. The lowest BCUT2D eigenvalue weighted by Gasteiger charge is -2.34. The third-order valence-corrected chi connectivity index (χ3v) is 5.42. The van der Waals surface area contributed by atoms with Crippen LogP contribution in [0.5, 0.6) is 5.88 Å². The van der Waals surface area contributed by atoms with Gasteiger partial charge in [-0.3, -0.25) is 4.90 Å². The van der Waals surface area contributed by atoms with Gasteiger partial charge in [0.25, 0.3) is 0 Å². The van der Waals surface area contributed by atoms with Crippen molar-refractivity contribution in [1.82, 2.24) is 20.1 Å². The first-order chi connectivity index (χ1) is 12.2. The van der Waals surface area contributed by atoms with Crippen molar-refractivity contribution < 1.29 is 4.74 Å². The fourth-order valence-electron chi connectivity index (χ4n) is 4.13. The van der Waals surface area contributed by atoms with Crippen LogP contribution in [0.3, 0.4) is 0 Å². The number of piperidine rings is 1. The van der Waals surface area contributed by atoms with E-state index in [4.69, 9.17) is 4.74 Å². The first-order valence-electron chi connectivity index (χ1n) is 8.98. The second-order valence-electron chi connectivity index (χ2n) is 7.15. The molecule has 2 atom stereocenters. The summed E-state index contributed by atoms with van der Waals surface area (Å²) in [7, 11) is 1.69. The molecule has 0 radical (unpaired) electrons. The van der Waals surface area contributed by atoms with E-state index in [9.17, 15) is 0 Å². The molecule has 2 aromatic heterocycles. The summed E-state index contributed by atoms with van der Waals surface area (Å²) in [6, 6.07) is 8.24. The zero-order valence-electron chi connectivity index (χ0n) is 14.9. The van der Waals surface area contributed by atoms with Gasteiger partial charge in [0, 0.05) is 44.5 Å². The van der Waals surface area contributed by atoms with Crippen molar-refractivity contribution in [2.24, 2.45) is 11.8 Å². The van der Waals surface area contributed by atoms with Crippen molar-refractivity contribution in [1.29, 1.82) is 0 Å². The predicted molar refractivity (Wildman–Crippen MR) is 96.6 cm³/mol. The molecule has 0 bridgehead atoms. The summed E-state index contributed by atoms with van der Waals surface area (Å²) in [5, 5.41) is 8.57. The van der Waals surface area contributed by atoms with Gasteiger partial charge in [0.2, 0.25) is 5.88 Å². The van der Waals surface area contributed by atoms with Crippen molar-refractivity contribution in [3.05, 3.63) is 41.7 Å². The molecule has 132 valence electrons. The van der Waals surface area contributed by atoms with Crippen LogP contribution >= 0.6 is 0 Å². The van der Waals surface area contributed by atoms with Gasteiger partial charge in [0.05, 0.1) is 12.8 Å². The second-order valence-corrected chi connectivity index (χ2v) is 7.15. The summed E-state index contributed by atoms with van der Waals surface area (Å²) in [5.74, 6) is 3.22. The molecule has 6 heteroatoms. The number of nitrogens with zero attached hydrogens (tertiary/aromatic N) is 5. The van der Waals surface area contributed by atoms with E-state index in [2.05, 4.69) is 37.1 Å². The van der Waals surface area contributed by atoms with E-state index in [1.165, 1.54) is 12.0 Å². The maximum absolute atomic E-state index is 5.40. The van der Waals surface area contributed by atoms with Gasteiger partial charge in [-0.05, 0) is 43.4 Å². The minimum Gasteiger partial charge on any atom is -0.481 e. The molecule has 2 aliphatic heterocycles. The summed E-state index contributed by atoms with van der Waals surface area (Å²) in [6.07, 6.45) is 3.01. The van der Waals surface area contributed by atoms with Crippen LogP contribution in [0, 0.1) is 18.8 Å². The molecule has 0 aliphatic carbocycles. The molecule has 2 fully saturated rings. The Bertz CT molecular complexity index is 720. The Morgan fingerprint density at radius 2 is 2.00 bits per heavy atom. The van der Waals surface area contributed by atoms with Gasteiger partial charge in [-0.2, -0.15) is 5.10 Å². The van der Waals surface area contributed by atoms with Gasteiger partial charge in [0.15, 0.2) is 5.82 Å². The monoisotopic (exact) mass is 339 g/mol. The minimum absolute atomic E-state index is 0.694. The van der Waals surface area contributed by atoms with E-state index in [0.29, 0.717) is 5.92 Å². The maximum Gasteiger partial charge on any atom is 0.217 e. The molecule has 25 heavy (non-hydrogen) atoms. The summed E-state index contributed by atoms with van der Waals surface area (Å²) >= 11 is 0. The highest BCUT2D eigenvalue weighted by Gasteiger charge is 2.37. The van der Waals surface area contributed by atoms with Gasteiger partial charge in [0.1, 0.15) is 0 Å². The normalized spacial score (nSPS) is 23.5. The minimum atomic E-state index is 0.694. The lowest BCUT2D eigenvalue weighted by molar-refractivity contribution is 0.303. The summed E-state index contributed by atoms with van der Waals surface area (Å²) in [4.78, 5) is 9.25. The molecule has 0 N–H and O–H groups in total. The average molecular weight is 339 g/mol. The molecule has 0 saturated carbocycles. The Labute approximate surface area is 148 Å². The predicted octanol–water partition coefficient (Wildman–Crippen LogP) is 2.15. The molecule has 4 heterocycles. The van der Waals surface area contributed by atoms with Gasteiger partial charge >= 0.3 is 0 Å². The highest BCUT2D eigenvalue weighted by molar-refractivity contribution is 5.38. The molecule has 2 aliphatic rings. The number of methoxy groups -OCH3 is 1. The zero-order valence-corrected chi connectivity index (χ0v) is 14.9. The summed E-state index contributed by atoms with van der Waals surface area (Å²) < 4.78 is 5.40. The Kier molecular flexibility index (Phi) is 4.53. The van der Waals surface area contributed by atoms with Crippen LogP contribution in [0.15, 0.2) is 30.5 Å². The number of likely N-dealkylation sites (tertiary alicyclic amines) is 1. The first-order valence-corrected chi connectivity index (χ1v) is 8.98. The van der Waals surface area contributed by atoms with Crippen LogP contribution in [-0.4, -0.2) is 53.4 Å². The van der Waals surface area contributed by atoms with Crippen LogP contribution in [0.2, 0.25) is 0 Å². The molecule has 6 nitrogen and oxygen atoms in total. The second kappa shape index (κ2) is 6.96. The fourth-order valence-corrected chi connectivity index (χ4v) is 4.13. The van der Waals surface area contributed by atoms with Crippen LogP contribution in [0.25, 0.3) is 0 Å². The number of anilines is 1. The van der Waals surface area contributed by atoms with Crippen molar-refractivity contribution >= 4 is 5.82 Å². The van der Waals surface area contributed by atoms with Crippen LogP contribution in [0.4, 0.5) is 5.82 Å². The van der Waals surface area contributed by atoms with Crippen LogP contribution in [-0.2, 0) is 6.54 Å². The SMILES string of the molecule is COc1ncccc1CN1C[C@H]2CCN(c3ccc(C)nn3)C[C@H]2C1. The standard InChI is InChI=1S/C19H25N5O/c1-14-5-6-18(22-21-14)24-9-7-15-10-23(12-17(15)13-24)11-16-4-3-8-20-19(16)25-2/h3-6,8,15,17H,7,9-13H2,1-2H3/t15-,17-/m1/s1. The smallest absolute Gasteiger partial charge is 0.217 e. The Hall–Kier alpha value is -2.21. The fraction of sp³-hybridized carbons (Fsp3) is 0.526. The number of pyridine rings is 1.